The molecule has 0 bridgehead atoms. The van der Waals surface area contributed by atoms with Crippen molar-refractivity contribution in [3.8, 4) is 0 Å². The molecule has 0 atom stereocenters. The molecule has 0 fully saturated rings. The van der Waals surface area contributed by atoms with Gasteiger partial charge in [0.05, 0.1) is 10.7 Å². The summed E-state index contributed by atoms with van der Waals surface area (Å²) in [6.07, 6.45) is 1.83. The van der Waals surface area contributed by atoms with Gasteiger partial charge in [0.1, 0.15) is 0 Å². The molecule has 5 heteroatoms. The number of nitrogens with zero attached hydrogens (tertiary/aromatic N) is 2. The fraction of sp³-hybridized carbons (Fsp3) is 0.333. The molecule has 4 nitrogen and oxygen atoms in total. The summed E-state index contributed by atoms with van der Waals surface area (Å²) in [7, 11) is 0. The highest BCUT2D eigenvalue weighted by Crippen LogP contribution is 2.11. The molecule has 2 rings (SSSR count). The number of hydrogen-bond donors (Lipinski definition) is 2. The number of hydrogen-bond acceptors (Lipinski definition) is 3. The van der Waals surface area contributed by atoms with Crippen LogP contribution in [0.15, 0.2) is 34.6 Å². The minimum atomic E-state index is 0.449. The Bertz CT molecular complexity index is 589. The Labute approximate surface area is 123 Å². The number of aliphatic imine (C=N–C) groups is 1. The van der Waals surface area contributed by atoms with Gasteiger partial charge in [-0.3, -0.25) is 4.99 Å². The lowest BCUT2D eigenvalue weighted by Crippen LogP contribution is -2.23. The highest BCUT2D eigenvalue weighted by atomic mass is 32.1. The van der Waals surface area contributed by atoms with E-state index in [0.717, 1.165) is 29.2 Å². The van der Waals surface area contributed by atoms with Crippen LogP contribution in [-0.2, 0) is 12.8 Å². The molecule has 0 unspecified atom stereocenters. The van der Waals surface area contributed by atoms with Crippen molar-refractivity contribution in [3.05, 3.63) is 45.9 Å². The zero-order chi connectivity index (χ0) is 14.4. The molecule has 2 aromatic rings. The van der Waals surface area contributed by atoms with Gasteiger partial charge in [-0.2, -0.15) is 0 Å². The molecular weight excluding hydrogens is 268 g/mol. The molecule has 1 aromatic heterocycles. The summed E-state index contributed by atoms with van der Waals surface area (Å²) in [6.45, 7) is 4.79. The van der Waals surface area contributed by atoms with Crippen molar-refractivity contribution in [1.82, 2.24) is 4.98 Å². The van der Waals surface area contributed by atoms with Crippen molar-refractivity contribution in [1.29, 1.82) is 0 Å². The summed E-state index contributed by atoms with van der Waals surface area (Å²) in [6, 6.07) is 8.20. The van der Waals surface area contributed by atoms with E-state index in [9.17, 15) is 0 Å². The second-order valence-corrected chi connectivity index (χ2v) is 5.62. The van der Waals surface area contributed by atoms with Crippen LogP contribution in [0.5, 0.6) is 0 Å². The number of thiazole rings is 1. The van der Waals surface area contributed by atoms with Crippen LogP contribution < -0.4 is 11.1 Å². The van der Waals surface area contributed by atoms with E-state index in [1.54, 1.807) is 11.3 Å². The molecule has 0 aliphatic rings. The first kappa shape index (κ1) is 14.5. The van der Waals surface area contributed by atoms with Gasteiger partial charge in [-0.05, 0) is 31.0 Å². The molecule has 0 radical (unpaired) electrons. The van der Waals surface area contributed by atoms with Crippen LogP contribution in [0.2, 0.25) is 0 Å². The molecule has 0 spiro atoms. The quantitative estimate of drug-likeness (QED) is 0.656. The highest BCUT2D eigenvalue weighted by molar-refractivity contribution is 7.09. The van der Waals surface area contributed by atoms with Crippen LogP contribution in [-0.4, -0.2) is 17.5 Å². The molecule has 20 heavy (non-hydrogen) atoms. The smallest absolute Gasteiger partial charge is 0.193 e. The second kappa shape index (κ2) is 7.05. The number of aryl methyl sites for hydroxylation is 2. The number of benzene rings is 1. The molecule has 0 saturated heterocycles. The van der Waals surface area contributed by atoms with E-state index in [0.29, 0.717) is 12.5 Å². The van der Waals surface area contributed by atoms with Gasteiger partial charge in [-0.1, -0.05) is 19.1 Å². The lowest BCUT2D eigenvalue weighted by Gasteiger charge is -2.06. The van der Waals surface area contributed by atoms with Gasteiger partial charge in [-0.15, -0.1) is 11.3 Å². The van der Waals surface area contributed by atoms with Gasteiger partial charge in [0.15, 0.2) is 5.96 Å². The molecule has 0 aliphatic heterocycles. The van der Waals surface area contributed by atoms with Crippen LogP contribution in [0, 0.1) is 6.92 Å². The van der Waals surface area contributed by atoms with E-state index < -0.39 is 0 Å². The van der Waals surface area contributed by atoms with E-state index in [4.69, 9.17) is 5.73 Å². The Morgan fingerprint density at radius 3 is 3.00 bits per heavy atom. The lowest BCUT2D eigenvalue weighted by atomic mass is 10.1. The lowest BCUT2D eigenvalue weighted by molar-refractivity contribution is 0.927. The van der Waals surface area contributed by atoms with Crippen LogP contribution in [0.4, 0.5) is 5.69 Å². The third-order valence-electron chi connectivity index (χ3n) is 2.92. The molecule has 3 N–H and O–H groups in total. The molecule has 0 aliphatic carbocycles. The summed E-state index contributed by atoms with van der Waals surface area (Å²) in [5.74, 6) is 0.449. The maximum Gasteiger partial charge on any atom is 0.193 e. The average molecular weight is 288 g/mol. The number of nitrogens with two attached hydrogens (primary N) is 1. The van der Waals surface area contributed by atoms with Crippen molar-refractivity contribution in [2.45, 2.75) is 26.7 Å². The predicted octanol–water partition coefficient (Wildman–Crippen LogP) is 2.98. The van der Waals surface area contributed by atoms with E-state index in [1.165, 1.54) is 5.56 Å². The van der Waals surface area contributed by atoms with Gasteiger partial charge < -0.3 is 11.1 Å². The van der Waals surface area contributed by atoms with Crippen molar-refractivity contribution < 1.29 is 0 Å². The largest absolute Gasteiger partial charge is 0.370 e. The van der Waals surface area contributed by atoms with Crippen molar-refractivity contribution >= 4 is 23.0 Å². The molecular formula is C15H20N4S. The van der Waals surface area contributed by atoms with Crippen LogP contribution in [0.25, 0.3) is 0 Å². The van der Waals surface area contributed by atoms with Crippen LogP contribution >= 0.6 is 11.3 Å². The van der Waals surface area contributed by atoms with Crippen molar-refractivity contribution in [2.75, 3.05) is 11.9 Å². The number of aromatic nitrogens is 1. The fourth-order valence-electron chi connectivity index (χ4n) is 1.87. The molecule has 1 heterocycles. The van der Waals surface area contributed by atoms with Gasteiger partial charge in [0, 0.05) is 24.0 Å². The summed E-state index contributed by atoms with van der Waals surface area (Å²) in [5.41, 5.74) is 9.23. The molecule has 0 amide bonds. The Hall–Kier alpha value is -1.88. The fourth-order valence-corrected chi connectivity index (χ4v) is 2.52. The van der Waals surface area contributed by atoms with E-state index >= 15 is 0 Å². The van der Waals surface area contributed by atoms with Crippen molar-refractivity contribution in [3.63, 3.8) is 0 Å². The topological polar surface area (TPSA) is 63.3 Å². The third-order valence-corrected chi connectivity index (χ3v) is 3.75. The Morgan fingerprint density at radius 1 is 1.45 bits per heavy atom. The number of rotatable bonds is 5. The maximum absolute atomic E-state index is 5.89. The minimum absolute atomic E-state index is 0.449. The first-order chi connectivity index (χ1) is 9.67. The van der Waals surface area contributed by atoms with Crippen LogP contribution in [0.3, 0.4) is 0 Å². The zero-order valence-corrected chi connectivity index (χ0v) is 12.7. The van der Waals surface area contributed by atoms with E-state index in [2.05, 4.69) is 39.7 Å². The molecule has 1 aromatic carbocycles. The Morgan fingerprint density at radius 2 is 2.30 bits per heavy atom. The predicted molar refractivity (Wildman–Crippen MR) is 86.5 cm³/mol. The van der Waals surface area contributed by atoms with Gasteiger partial charge >= 0.3 is 0 Å². The van der Waals surface area contributed by atoms with Gasteiger partial charge in [0.2, 0.25) is 0 Å². The number of nitrogens with one attached hydrogen (secondary N) is 1. The third kappa shape index (κ3) is 4.35. The second-order valence-electron chi connectivity index (χ2n) is 4.55. The summed E-state index contributed by atoms with van der Waals surface area (Å²) in [5, 5.41) is 6.28. The van der Waals surface area contributed by atoms with E-state index in [-0.39, 0.29) is 0 Å². The highest BCUT2D eigenvalue weighted by Gasteiger charge is 1.99. The summed E-state index contributed by atoms with van der Waals surface area (Å²) in [4.78, 5) is 8.73. The standard InChI is InChI=1S/C15H20N4S/c1-3-12-5-4-6-13(9-12)19-15(16)17-8-7-14-10-20-11(2)18-14/h4-6,9-10H,3,7-8H2,1-2H3,(H3,16,17,19). The SMILES string of the molecule is CCc1cccc(NC(N)=NCCc2csc(C)n2)c1. The first-order valence-electron chi connectivity index (χ1n) is 6.74. The zero-order valence-electron chi connectivity index (χ0n) is 11.9. The number of anilines is 1. The minimum Gasteiger partial charge on any atom is -0.370 e. The number of guanidine groups is 1. The molecule has 0 saturated carbocycles. The van der Waals surface area contributed by atoms with Crippen molar-refractivity contribution in [2.24, 2.45) is 10.7 Å². The molecule has 106 valence electrons. The van der Waals surface area contributed by atoms with Crippen LogP contribution in [0.1, 0.15) is 23.2 Å². The summed E-state index contributed by atoms with van der Waals surface area (Å²) < 4.78 is 0. The summed E-state index contributed by atoms with van der Waals surface area (Å²) >= 11 is 1.66. The monoisotopic (exact) mass is 288 g/mol. The Kier molecular flexibility index (Phi) is 5.12. The first-order valence-corrected chi connectivity index (χ1v) is 7.62. The van der Waals surface area contributed by atoms with Gasteiger partial charge in [-0.25, -0.2) is 4.98 Å². The van der Waals surface area contributed by atoms with E-state index in [1.807, 2.05) is 19.1 Å². The average Bonchev–Trinajstić information content (AvgIpc) is 2.84. The normalized spacial score (nSPS) is 11.6. The van der Waals surface area contributed by atoms with Gasteiger partial charge in [0.25, 0.3) is 0 Å². The Balaban J connectivity index is 1.87. The maximum atomic E-state index is 5.89.